The van der Waals surface area contributed by atoms with Gasteiger partial charge in [-0.05, 0) is 48.9 Å². The Morgan fingerprint density at radius 1 is 1.43 bits per heavy atom. The molecule has 6 atom stereocenters. The van der Waals surface area contributed by atoms with Crippen LogP contribution in [0.5, 0.6) is 0 Å². The van der Waals surface area contributed by atoms with E-state index in [1.54, 1.807) is 0 Å². The molecule has 21 heavy (non-hydrogen) atoms. The molecule has 3 saturated carbocycles. The van der Waals surface area contributed by atoms with Gasteiger partial charge in [0.1, 0.15) is 0 Å². The van der Waals surface area contributed by atoms with Crippen molar-refractivity contribution in [1.82, 2.24) is 10.2 Å². The van der Waals surface area contributed by atoms with Crippen molar-refractivity contribution in [1.29, 1.82) is 5.41 Å². The van der Waals surface area contributed by atoms with Gasteiger partial charge >= 0.3 is 0 Å². The number of guanidine groups is 1. The summed E-state index contributed by atoms with van der Waals surface area (Å²) in [5, 5.41) is 21.4. The Bertz CT molecular complexity index is 425. The van der Waals surface area contributed by atoms with Crippen LogP contribution in [0, 0.1) is 34.5 Å². The normalized spacial score (nSPS) is 45.0. The summed E-state index contributed by atoms with van der Waals surface area (Å²) in [5.74, 6) is 2.36. The van der Waals surface area contributed by atoms with Gasteiger partial charge in [-0.15, -0.1) is 0 Å². The minimum atomic E-state index is 0.184. The van der Waals surface area contributed by atoms with Crippen molar-refractivity contribution in [3.63, 3.8) is 0 Å². The SMILES string of the molecule is CC1NCCN(C(=N)N)C1[C@H]1C[C@H]2C[C@@H]([C@@H]1CO)C2(C)C. The summed E-state index contributed by atoms with van der Waals surface area (Å²) in [5.41, 5.74) is 6.20. The molecule has 4 fully saturated rings. The highest BCUT2D eigenvalue weighted by molar-refractivity contribution is 5.75. The summed E-state index contributed by atoms with van der Waals surface area (Å²) in [7, 11) is 0. The fourth-order valence-corrected chi connectivity index (χ4v) is 5.48. The standard InChI is InChI=1S/C16H30N4O/c1-9-14(20(15(17)18)5-4-19-9)11-6-10-7-13(12(11)8-21)16(10,2)3/h9-14,19,21H,4-8H2,1-3H3,(H3,17,18)/t9?,10-,11-,12+,13-,14?/m0/s1. The van der Waals surface area contributed by atoms with Gasteiger partial charge in [-0.25, -0.2) is 0 Å². The largest absolute Gasteiger partial charge is 0.396 e. The van der Waals surface area contributed by atoms with Crippen LogP contribution in [-0.4, -0.2) is 47.7 Å². The van der Waals surface area contributed by atoms with E-state index < -0.39 is 0 Å². The van der Waals surface area contributed by atoms with Gasteiger partial charge in [0.2, 0.25) is 0 Å². The molecule has 4 aliphatic rings. The number of nitrogens with one attached hydrogen (secondary N) is 2. The van der Waals surface area contributed by atoms with E-state index in [0.29, 0.717) is 29.2 Å². The van der Waals surface area contributed by atoms with Gasteiger partial charge in [-0.2, -0.15) is 0 Å². The van der Waals surface area contributed by atoms with E-state index >= 15 is 0 Å². The zero-order chi connectivity index (χ0) is 15.4. The van der Waals surface area contributed by atoms with Crippen molar-refractivity contribution in [2.45, 2.75) is 45.7 Å². The van der Waals surface area contributed by atoms with Gasteiger partial charge in [-0.1, -0.05) is 13.8 Å². The van der Waals surface area contributed by atoms with Crippen LogP contribution >= 0.6 is 0 Å². The minimum absolute atomic E-state index is 0.184. The fourth-order valence-electron chi connectivity index (χ4n) is 5.48. The number of fused-ring (bicyclic) bond motifs is 2. The van der Waals surface area contributed by atoms with E-state index in [0.717, 1.165) is 25.4 Å². The number of aliphatic hydroxyl groups excluding tert-OH is 1. The molecule has 2 unspecified atom stereocenters. The molecule has 4 rings (SSSR count). The number of aliphatic hydroxyl groups is 1. The molecule has 5 heteroatoms. The average Bonchev–Trinajstić information content (AvgIpc) is 2.45. The van der Waals surface area contributed by atoms with Crippen LogP contribution in [0.25, 0.3) is 0 Å². The zero-order valence-corrected chi connectivity index (χ0v) is 13.5. The second-order valence-corrected chi connectivity index (χ2v) is 7.92. The zero-order valence-electron chi connectivity index (χ0n) is 13.5. The smallest absolute Gasteiger partial charge is 0.188 e. The third-order valence-corrected chi connectivity index (χ3v) is 6.82. The third kappa shape index (κ3) is 2.16. The summed E-state index contributed by atoms with van der Waals surface area (Å²) >= 11 is 0. The highest BCUT2D eigenvalue weighted by atomic mass is 16.3. The topological polar surface area (TPSA) is 85.4 Å². The second kappa shape index (κ2) is 5.13. The van der Waals surface area contributed by atoms with Crippen LogP contribution in [-0.2, 0) is 0 Å². The molecule has 2 bridgehead atoms. The third-order valence-electron chi connectivity index (χ3n) is 6.82. The molecule has 0 amide bonds. The van der Waals surface area contributed by atoms with Gasteiger partial charge in [0.25, 0.3) is 0 Å². The minimum Gasteiger partial charge on any atom is -0.396 e. The van der Waals surface area contributed by atoms with E-state index in [2.05, 4.69) is 31.0 Å². The number of nitrogens with zero attached hydrogens (tertiary/aromatic N) is 1. The van der Waals surface area contributed by atoms with E-state index in [4.69, 9.17) is 11.1 Å². The Kier molecular flexibility index (Phi) is 3.69. The number of rotatable bonds is 2. The molecule has 120 valence electrons. The lowest BCUT2D eigenvalue weighted by molar-refractivity contribution is -0.161. The maximum Gasteiger partial charge on any atom is 0.188 e. The Hall–Kier alpha value is -0.810. The molecule has 1 heterocycles. The molecule has 3 aliphatic carbocycles. The molecule has 0 aromatic heterocycles. The first-order valence-corrected chi connectivity index (χ1v) is 8.32. The van der Waals surface area contributed by atoms with Crippen molar-refractivity contribution >= 4 is 5.96 Å². The van der Waals surface area contributed by atoms with Crippen LogP contribution in [0.4, 0.5) is 0 Å². The Labute approximate surface area is 127 Å². The van der Waals surface area contributed by atoms with Crippen LogP contribution in [0.3, 0.4) is 0 Å². The molecule has 0 spiro atoms. The van der Waals surface area contributed by atoms with Gasteiger partial charge in [0, 0.05) is 25.7 Å². The lowest BCUT2D eigenvalue weighted by Crippen LogP contribution is -2.67. The molecular formula is C16H30N4O. The highest BCUT2D eigenvalue weighted by Crippen LogP contribution is 2.63. The average molecular weight is 294 g/mol. The molecule has 1 saturated heterocycles. The van der Waals surface area contributed by atoms with Crippen molar-refractivity contribution in [3.8, 4) is 0 Å². The number of nitrogens with two attached hydrogens (primary N) is 1. The van der Waals surface area contributed by atoms with Gasteiger partial charge in [0.15, 0.2) is 5.96 Å². The number of hydrogen-bond donors (Lipinski definition) is 4. The van der Waals surface area contributed by atoms with Crippen LogP contribution < -0.4 is 11.1 Å². The van der Waals surface area contributed by atoms with Crippen LogP contribution in [0.1, 0.15) is 33.6 Å². The quantitative estimate of drug-likeness (QED) is 0.449. The van der Waals surface area contributed by atoms with Gasteiger partial charge in [0.05, 0.1) is 6.04 Å². The monoisotopic (exact) mass is 294 g/mol. The van der Waals surface area contributed by atoms with E-state index in [-0.39, 0.29) is 18.6 Å². The summed E-state index contributed by atoms with van der Waals surface area (Å²) in [6.45, 7) is 8.86. The van der Waals surface area contributed by atoms with Crippen molar-refractivity contribution in [2.75, 3.05) is 19.7 Å². The Morgan fingerprint density at radius 3 is 2.71 bits per heavy atom. The van der Waals surface area contributed by atoms with E-state index in [1.165, 1.54) is 6.42 Å². The molecule has 0 aromatic carbocycles. The molecule has 0 radical (unpaired) electrons. The summed E-state index contributed by atoms with van der Waals surface area (Å²) in [6.07, 6.45) is 2.43. The first-order valence-electron chi connectivity index (χ1n) is 8.32. The Morgan fingerprint density at radius 2 is 2.14 bits per heavy atom. The highest BCUT2D eigenvalue weighted by Gasteiger charge is 2.59. The summed E-state index contributed by atoms with van der Waals surface area (Å²) < 4.78 is 0. The fraction of sp³-hybridized carbons (Fsp3) is 0.938. The first kappa shape index (κ1) is 15.1. The van der Waals surface area contributed by atoms with Crippen molar-refractivity contribution in [3.05, 3.63) is 0 Å². The summed E-state index contributed by atoms with van der Waals surface area (Å²) in [4.78, 5) is 2.06. The molecule has 1 aliphatic heterocycles. The predicted molar refractivity (Wildman–Crippen MR) is 83.9 cm³/mol. The van der Waals surface area contributed by atoms with Crippen molar-refractivity contribution < 1.29 is 5.11 Å². The maximum absolute atomic E-state index is 10.0. The molecular weight excluding hydrogens is 264 g/mol. The van der Waals surface area contributed by atoms with Crippen LogP contribution in [0.2, 0.25) is 0 Å². The van der Waals surface area contributed by atoms with E-state index in [1.807, 2.05) is 0 Å². The van der Waals surface area contributed by atoms with Crippen molar-refractivity contribution in [2.24, 2.45) is 34.8 Å². The van der Waals surface area contributed by atoms with Crippen LogP contribution in [0.15, 0.2) is 0 Å². The first-order chi connectivity index (χ1) is 9.87. The van der Waals surface area contributed by atoms with Gasteiger partial charge in [-0.3, -0.25) is 5.41 Å². The predicted octanol–water partition coefficient (Wildman–Crippen LogP) is 0.833. The van der Waals surface area contributed by atoms with Gasteiger partial charge < -0.3 is 21.1 Å². The molecule has 5 nitrogen and oxygen atoms in total. The summed E-state index contributed by atoms with van der Waals surface area (Å²) in [6, 6.07) is 0.567. The lowest BCUT2D eigenvalue weighted by atomic mass is 9.42. The molecule has 0 aromatic rings. The maximum atomic E-state index is 10.0. The lowest BCUT2D eigenvalue weighted by Gasteiger charge is -2.64. The molecule has 5 N–H and O–H groups in total. The van der Waals surface area contributed by atoms with E-state index in [9.17, 15) is 5.11 Å². The second-order valence-electron chi connectivity index (χ2n) is 7.92. The number of hydrogen-bond acceptors (Lipinski definition) is 3. The number of piperazine rings is 1. The Balaban J connectivity index is 1.86.